The maximum Gasteiger partial charge on any atom is 0.103 e. The molecule has 17 heavy (non-hydrogen) atoms. The first kappa shape index (κ1) is 14.0. The van der Waals surface area contributed by atoms with E-state index in [2.05, 4.69) is 37.8 Å². The summed E-state index contributed by atoms with van der Waals surface area (Å²) in [5.74, 6) is 0. The quantitative estimate of drug-likeness (QED) is 0.786. The van der Waals surface area contributed by atoms with E-state index in [0.29, 0.717) is 4.99 Å². The lowest BCUT2D eigenvalue weighted by molar-refractivity contribution is 0.730. The first-order valence-corrected chi connectivity index (χ1v) is 6.66. The molecule has 3 heteroatoms. The first-order chi connectivity index (χ1) is 8.10. The summed E-state index contributed by atoms with van der Waals surface area (Å²) in [5, 5.41) is 0. The smallest absolute Gasteiger partial charge is 0.103 e. The summed E-state index contributed by atoms with van der Waals surface area (Å²) < 4.78 is 0. The van der Waals surface area contributed by atoms with Gasteiger partial charge in [-0.1, -0.05) is 25.6 Å². The van der Waals surface area contributed by atoms with E-state index in [-0.39, 0.29) is 0 Å². The molecule has 0 radical (unpaired) electrons. The summed E-state index contributed by atoms with van der Waals surface area (Å²) in [6.45, 7) is 8.67. The van der Waals surface area contributed by atoms with Crippen LogP contribution in [0.1, 0.15) is 37.8 Å². The molecule has 2 nitrogen and oxygen atoms in total. The highest BCUT2D eigenvalue weighted by Gasteiger charge is 2.08. The predicted octanol–water partition coefficient (Wildman–Crippen LogP) is 3.26. The van der Waals surface area contributed by atoms with Gasteiger partial charge in [0.05, 0.1) is 0 Å². The van der Waals surface area contributed by atoms with Gasteiger partial charge in [-0.05, 0) is 44.0 Å². The lowest BCUT2D eigenvalue weighted by Gasteiger charge is -2.25. The fourth-order valence-electron chi connectivity index (χ4n) is 1.96. The van der Waals surface area contributed by atoms with Gasteiger partial charge in [-0.3, -0.25) is 0 Å². The molecule has 1 rings (SSSR count). The van der Waals surface area contributed by atoms with Crippen LogP contribution in [0.3, 0.4) is 0 Å². The van der Waals surface area contributed by atoms with Crippen molar-refractivity contribution >= 4 is 22.9 Å². The highest BCUT2D eigenvalue weighted by molar-refractivity contribution is 7.80. The lowest BCUT2D eigenvalue weighted by atomic mass is 10.1. The zero-order valence-corrected chi connectivity index (χ0v) is 11.8. The van der Waals surface area contributed by atoms with Crippen molar-refractivity contribution in [1.82, 2.24) is 0 Å². The van der Waals surface area contributed by atoms with Crippen LogP contribution >= 0.6 is 12.2 Å². The van der Waals surface area contributed by atoms with Gasteiger partial charge in [0, 0.05) is 24.3 Å². The molecule has 0 heterocycles. The van der Waals surface area contributed by atoms with Crippen LogP contribution in [0.2, 0.25) is 0 Å². The molecule has 0 amide bonds. The number of unbranched alkanes of at least 4 members (excludes halogenated alkanes) is 1. The molecule has 0 saturated carbocycles. The average Bonchev–Trinajstić information content (AvgIpc) is 2.31. The van der Waals surface area contributed by atoms with Gasteiger partial charge in [0.15, 0.2) is 0 Å². The first-order valence-electron chi connectivity index (χ1n) is 6.25. The summed E-state index contributed by atoms with van der Waals surface area (Å²) in [7, 11) is 0. The topological polar surface area (TPSA) is 29.3 Å². The van der Waals surface area contributed by atoms with Gasteiger partial charge >= 0.3 is 0 Å². The third kappa shape index (κ3) is 3.70. The number of nitrogens with two attached hydrogens (primary N) is 1. The van der Waals surface area contributed by atoms with Crippen LogP contribution in [-0.4, -0.2) is 18.1 Å². The Morgan fingerprint density at radius 1 is 1.35 bits per heavy atom. The fraction of sp³-hybridized carbons (Fsp3) is 0.500. The van der Waals surface area contributed by atoms with Gasteiger partial charge < -0.3 is 10.6 Å². The Bertz CT molecular complexity index is 388. The van der Waals surface area contributed by atoms with E-state index >= 15 is 0 Å². The van der Waals surface area contributed by atoms with Gasteiger partial charge in [0.25, 0.3) is 0 Å². The number of rotatable bonds is 6. The molecule has 0 saturated heterocycles. The number of aryl methyl sites for hydroxylation is 1. The summed E-state index contributed by atoms with van der Waals surface area (Å²) in [6.07, 6.45) is 2.45. The van der Waals surface area contributed by atoms with Crippen molar-refractivity contribution in [2.24, 2.45) is 5.73 Å². The van der Waals surface area contributed by atoms with E-state index in [4.69, 9.17) is 18.0 Å². The van der Waals surface area contributed by atoms with Gasteiger partial charge in [-0.15, -0.1) is 0 Å². The van der Waals surface area contributed by atoms with E-state index in [9.17, 15) is 0 Å². The number of hydrogen-bond acceptors (Lipinski definition) is 2. The van der Waals surface area contributed by atoms with Crippen molar-refractivity contribution < 1.29 is 0 Å². The summed E-state index contributed by atoms with van der Waals surface area (Å²) in [5.41, 5.74) is 9.13. The number of hydrogen-bond donors (Lipinski definition) is 1. The zero-order valence-electron chi connectivity index (χ0n) is 11.0. The molecule has 0 spiro atoms. The molecule has 0 aliphatic carbocycles. The van der Waals surface area contributed by atoms with Crippen molar-refractivity contribution in [1.29, 1.82) is 0 Å². The summed E-state index contributed by atoms with van der Waals surface area (Å²) >= 11 is 4.99. The predicted molar refractivity (Wildman–Crippen MR) is 79.9 cm³/mol. The number of benzene rings is 1. The Morgan fingerprint density at radius 3 is 2.53 bits per heavy atom. The molecule has 94 valence electrons. The van der Waals surface area contributed by atoms with Crippen LogP contribution < -0.4 is 10.6 Å². The largest absolute Gasteiger partial charge is 0.389 e. The number of anilines is 1. The average molecular weight is 250 g/mol. The van der Waals surface area contributed by atoms with E-state index in [0.717, 1.165) is 18.7 Å². The molecule has 0 atom stereocenters. The Kier molecular flexibility index (Phi) is 5.42. The fourth-order valence-corrected chi connectivity index (χ4v) is 2.09. The molecule has 0 fully saturated rings. The van der Waals surface area contributed by atoms with Crippen LogP contribution in [0, 0.1) is 6.92 Å². The SMILES string of the molecule is CCCCN(CC)c1ccc(C(N)=S)cc1C. The highest BCUT2D eigenvalue weighted by Crippen LogP contribution is 2.21. The van der Waals surface area contributed by atoms with Crippen molar-refractivity contribution in [2.75, 3.05) is 18.0 Å². The third-order valence-electron chi connectivity index (χ3n) is 2.99. The normalized spacial score (nSPS) is 10.3. The third-order valence-corrected chi connectivity index (χ3v) is 3.22. The van der Waals surface area contributed by atoms with Crippen molar-refractivity contribution in [3.63, 3.8) is 0 Å². The Balaban J connectivity index is 2.92. The maximum absolute atomic E-state index is 5.64. The van der Waals surface area contributed by atoms with Crippen molar-refractivity contribution in [2.45, 2.75) is 33.6 Å². The van der Waals surface area contributed by atoms with Gasteiger partial charge in [-0.2, -0.15) is 0 Å². The van der Waals surface area contributed by atoms with Crippen LogP contribution in [0.5, 0.6) is 0 Å². The van der Waals surface area contributed by atoms with Crippen molar-refractivity contribution in [3.05, 3.63) is 29.3 Å². The van der Waals surface area contributed by atoms with Crippen LogP contribution in [-0.2, 0) is 0 Å². The minimum Gasteiger partial charge on any atom is -0.389 e. The molecule has 0 aliphatic rings. The maximum atomic E-state index is 5.64. The summed E-state index contributed by atoms with van der Waals surface area (Å²) in [6, 6.07) is 6.22. The molecule has 0 aromatic heterocycles. The Morgan fingerprint density at radius 2 is 2.06 bits per heavy atom. The van der Waals surface area contributed by atoms with Crippen LogP contribution in [0.25, 0.3) is 0 Å². The number of thiocarbonyl (C=S) groups is 1. The molecular formula is C14H22N2S. The molecule has 0 unspecified atom stereocenters. The van der Waals surface area contributed by atoms with Crippen molar-refractivity contribution in [3.8, 4) is 0 Å². The van der Waals surface area contributed by atoms with Gasteiger partial charge in [0.1, 0.15) is 4.99 Å². The molecule has 0 aliphatic heterocycles. The van der Waals surface area contributed by atoms with Crippen LogP contribution in [0.15, 0.2) is 18.2 Å². The minimum atomic E-state index is 0.469. The van der Waals surface area contributed by atoms with Gasteiger partial charge in [-0.25, -0.2) is 0 Å². The Labute approximate surface area is 110 Å². The van der Waals surface area contributed by atoms with Crippen LogP contribution in [0.4, 0.5) is 5.69 Å². The number of nitrogens with zero attached hydrogens (tertiary/aromatic N) is 1. The van der Waals surface area contributed by atoms with E-state index < -0.39 is 0 Å². The second-order valence-electron chi connectivity index (χ2n) is 4.30. The van der Waals surface area contributed by atoms with E-state index in [1.165, 1.54) is 24.1 Å². The zero-order chi connectivity index (χ0) is 12.8. The second kappa shape index (κ2) is 6.60. The standard InChI is InChI=1S/C14H22N2S/c1-4-6-9-16(5-2)13-8-7-12(14(15)17)10-11(13)3/h7-8,10H,4-6,9H2,1-3H3,(H2,15,17). The van der Waals surface area contributed by atoms with E-state index in [1.807, 2.05) is 6.07 Å². The molecule has 0 bridgehead atoms. The van der Waals surface area contributed by atoms with E-state index in [1.54, 1.807) is 0 Å². The summed E-state index contributed by atoms with van der Waals surface area (Å²) in [4.78, 5) is 2.87. The molecule has 1 aromatic rings. The molecule has 2 N–H and O–H groups in total. The second-order valence-corrected chi connectivity index (χ2v) is 4.74. The highest BCUT2D eigenvalue weighted by atomic mass is 32.1. The van der Waals surface area contributed by atoms with Gasteiger partial charge in [0.2, 0.25) is 0 Å². The lowest BCUT2D eigenvalue weighted by Crippen LogP contribution is -2.24. The minimum absolute atomic E-state index is 0.469. The Hall–Kier alpha value is -1.09. The molecule has 1 aromatic carbocycles. The molecular weight excluding hydrogens is 228 g/mol. The monoisotopic (exact) mass is 250 g/mol.